The minimum atomic E-state index is -1.43. The first-order valence-corrected chi connectivity index (χ1v) is 15.8. The number of carboxylic acids is 3. The van der Waals surface area contributed by atoms with Gasteiger partial charge in [0.25, 0.3) is 0 Å². The van der Waals surface area contributed by atoms with Crippen LogP contribution in [-0.4, -0.2) is 57.3 Å². The van der Waals surface area contributed by atoms with Crippen molar-refractivity contribution in [2.45, 2.75) is 168 Å². The highest BCUT2D eigenvalue weighted by Crippen LogP contribution is 2.27. The van der Waals surface area contributed by atoms with E-state index in [-0.39, 0.29) is 6.54 Å². The van der Waals surface area contributed by atoms with Gasteiger partial charge in [-0.3, -0.25) is 4.48 Å². The van der Waals surface area contributed by atoms with E-state index in [0.29, 0.717) is 6.42 Å². The molecule has 0 spiro atoms. The van der Waals surface area contributed by atoms with Gasteiger partial charge in [-0.15, -0.1) is 0 Å². The summed E-state index contributed by atoms with van der Waals surface area (Å²) in [6.07, 6.45) is 27.7. The van der Waals surface area contributed by atoms with E-state index in [4.69, 9.17) is 0 Å². The minimum absolute atomic E-state index is 0.166. The molecule has 0 aromatic heterocycles. The summed E-state index contributed by atoms with van der Waals surface area (Å²) in [6, 6.07) is -3.59. The Morgan fingerprint density at radius 3 is 1.26 bits per heavy atom. The molecule has 0 saturated heterocycles. The molecule has 0 amide bonds. The van der Waals surface area contributed by atoms with Gasteiger partial charge in [-0.1, -0.05) is 103 Å². The fraction of sp³-hybridized carbons (Fsp3) is 0.844. The molecule has 0 aromatic rings. The molecule has 0 saturated carbocycles. The molecule has 7 nitrogen and oxygen atoms in total. The van der Waals surface area contributed by atoms with Crippen molar-refractivity contribution >= 4 is 17.9 Å². The first-order valence-electron chi connectivity index (χ1n) is 15.8. The molecule has 0 fully saturated rings. The smallest absolute Gasteiger partial charge is 0.362 e. The lowest BCUT2D eigenvalue weighted by Crippen LogP contribution is -2.72. The summed E-state index contributed by atoms with van der Waals surface area (Å²) in [4.78, 5) is 35.3. The van der Waals surface area contributed by atoms with Crippen LogP contribution in [0.15, 0.2) is 12.2 Å². The highest BCUT2D eigenvalue weighted by molar-refractivity contribution is 5.76. The van der Waals surface area contributed by atoms with Crippen LogP contribution in [0.5, 0.6) is 0 Å². The number of aliphatic carboxylic acids is 3. The number of nitrogens with zero attached hydrogens (tertiary/aromatic N) is 1. The van der Waals surface area contributed by atoms with Gasteiger partial charge in [0.2, 0.25) is 0 Å². The molecule has 3 unspecified atom stereocenters. The molecule has 0 bridgehead atoms. The van der Waals surface area contributed by atoms with Gasteiger partial charge in [0.05, 0.1) is 12.5 Å². The monoisotopic (exact) mass is 553 g/mol. The summed E-state index contributed by atoms with van der Waals surface area (Å²) in [7, 11) is 0. The normalized spacial score (nSPS) is 15.6. The lowest BCUT2D eigenvalue weighted by molar-refractivity contribution is -0.969. The molecule has 7 heteroatoms. The molecule has 0 aliphatic heterocycles. The molecule has 0 radical (unpaired) electrons. The SMILES string of the molecule is CCCCCCCCCCCCCCCC/C=C/CCCCC[N+](C(C)C(=O)[O-])(C(C)C(=O)O)C(C)C(=O)O. The van der Waals surface area contributed by atoms with Crippen LogP contribution in [0.3, 0.4) is 0 Å². The molecule has 39 heavy (non-hydrogen) atoms. The van der Waals surface area contributed by atoms with E-state index >= 15 is 0 Å². The quantitative estimate of drug-likeness (QED) is 0.0651. The molecule has 0 aliphatic carbocycles. The maximum absolute atomic E-state index is 11.8. The predicted molar refractivity (Wildman–Crippen MR) is 156 cm³/mol. The Morgan fingerprint density at radius 1 is 0.590 bits per heavy atom. The number of hydrogen-bond donors (Lipinski definition) is 2. The van der Waals surface area contributed by atoms with E-state index in [9.17, 15) is 29.7 Å². The summed E-state index contributed by atoms with van der Waals surface area (Å²) in [5.74, 6) is -3.84. The van der Waals surface area contributed by atoms with E-state index in [1.807, 2.05) is 0 Å². The van der Waals surface area contributed by atoms with Gasteiger partial charge in [-0.05, 0) is 59.3 Å². The van der Waals surface area contributed by atoms with Crippen molar-refractivity contribution < 1.29 is 34.2 Å². The van der Waals surface area contributed by atoms with Crippen molar-refractivity contribution in [3.8, 4) is 0 Å². The van der Waals surface area contributed by atoms with Crippen LogP contribution >= 0.6 is 0 Å². The third kappa shape index (κ3) is 15.5. The number of carbonyl (C=O) groups is 3. The van der Waals surface area contributed by atoms with E-state index < -0.39 is 40.5 Å². The van der Waals surface area contributed by atoms with Crippen LogP contribution in [0.1, 0.15) is 150 Å². The van der Waals surface area contributed by atoms with Gasteiger partial charge < -0.3 is 20.1 Å². The van der Waals surface area contributed by atoms with Gasteiger partial charge in [-0.2, -0.15) is 0 Å². The molecule has 0 heterocycles. The van der Waals surface area contributed by atoms with Gasteiger partial charge >= 0.3 is 11.9 Å². The van der Waals surface area contributed by atoms with Crippen LogP contribution < -0.4 is 5.11 Å². The van der Waals surface area contributed by atoms with E-state index in [1.54, 1.807) is 0 Å². The van der Waals surface area contributed by atoms with Gasteiger partial charge in [0, 0.05) is 0 Å². The molecular weight excluding hydrogens is 494 g/mol. The van der Waals surface area contributed by atoms with Crippen LogP contribution in [0, 0.1) is 0 Å². The van der Waals surface area contributed by atoms with Crippen LogP contribution in [0.2, 0.25) is 0 Å². The fourth-order valence-corrected chi connectivity index (χ4v) is 5.71. The molecule has 0 rings (SSSR count). The Kier molecular flexibility index (Phi) is 21.8. The zero-order valence-electron chi connectivity index (χ0n) is 25.5. The second-order valence-corrected chi connectivity index (χ2v) is 11.4. The lowest BCUT2D eigenvalue weighted by atomic mass is 10.00. The Labute approximate surface area is 238 Å². The van der Waals surface area contributed by atoms with Crippen molar-refractivity contribution in [1.82, 2.24) is 0 Å². The third-order valence-electron chi connectivity index (χ3n) is 8.53. The molecular formula is C32H59NO6. The number of carbonyl (C=O) groups excluding carboxylic acids is 1. The standard InChI is InChI=1S/C32H59NO6/c1-5-6-7-8-9-10-11-12-13-14-15-16-17-18-19-20-21-22-23-24-25-26-33(27(2)30(34)35,28(3)31(36)37)29(4)32(38)39/h20-21,27-29H,5-19,22-26H2,1-4H3,(H2-,34,35,36,37,38,39)/b21-20+. The van der Waals surface area contributed by atoms with Crippen LogP contribution in [0.4, 0.5) is 0 Å². The van der Waals surface area contributed by atoms with Gasteiger partial charge in [0.15, 0.2) is 12.1 Å². The molecule has 0 aromatic carbocycles. The molecule has 228 valence electrons. The lowest BCUT2D eigenvalue weighted by Gasteiger charge is -2.49. The highest BCUT2D eigenvalue weighted by atomic mass is 16.4. The van der Waals surface area contributed by atoms with E-state index in [1.165, 1.54) is 111 Å². The Hall–Kier alpha value is -1.89. The van der Waals surface area contributed by atoms with Crippen molar-refractivity contribution in [1.29, 1.82) is 0 Å². The maximum atomic E-state index is 11.8. The van der Waals surface area contributed by atoms with E-state index in [0.717, 1.165) is 25.7 Å². The minimum Gasteiger partial charge on any atom is -0.544 e. The van der Waals surface area contributed by atoms with Crippen molar-refractivity contribution in [3.05, 3.63) is 12.2 Å². The van der Waals surface area contributed by atoms with Gasteiger partial charge in [0.1, 0.15) is 6.04 Å². The fourth-order valence-electron chi connectivity index (χ4n) is 5.71. The van der Waals surface area contributed by atoms with E-state index in [2.05, 4.69) is 19.1 Å². The van der Waals surface area contributed by atoms with Crippen molar-refractivity contribution in [3.63, 3.8) is 0 Å². The second-order valence-electron chi connectivity index (χ2n) is 11.4. The number of allylic oxidation sites excluding steroid dienone is 2. The maximum Gasteiger partial charge on any atom is 0.362 e. The van der Waals surface area contributed by atoms with Crippen LogP contribution in [0.25, 0.3) is 0 Å². The number of hydrogen-bond acceptors (Lipinski definition) is 4. The average Bonchev–Trinajstić information content (AvgIpc) is 2.90. The van der Waals surface area contributed by atoms with Gasteiger partial charge in [-0.25, -0.2) is 9.59 Å². The largest absolute Gasteiger partial charge is 0.544 e. The molecule has 3 atom stereocenters. The summed E-state index contributed by atoms with van der Waals surface area (Å²) >= 11 is 0. The summed E-state index contributed by atoms with van der Waals surface area (Å²) in [6.45, 7) is 6.57. The number of quaternary nitrogens is 1. The number of rotatable bonds is 27. The Balaban J connectivity index is 4.08. The first kappa shape index (κ1) is 37.1. The first-order chi connectivity index (χ1) is 18.6. The average molecular weight is 554 g/mol. The third-order valence-corrected chi connectivity index (χ3v) is 8.53. The van der Waals surface area contributed by atoms with Crippen molar-refractivity contribution in [2.24, 2.45) is 0 Å². The molecule has 0 aliphatic rings. The zero-order chi connectivity index (χ0) is 29.5. The van der Waals surface area contributed by atoms with Crippen molar-refractivity contribution in [2.75, 3.05) is 6.54 Å². The topological polar surface area (TPSA) is 115 Å². The summed E-state index contributed by atoms with van der Waals surface area (Å²) in [5, 5.41) is 30.9. The number of unbranched alkanes of at least 4 members (excludes halogenated alkanes) is 17. The Bertz CT molecular complexity index is 642. The predicted octanol–water partition coefficient (Wildman–Crippen LogP) is 6.88. The van der Waals surface area contributed by atoms with Crippen LogP contribution in [-0.2, 0) is 14.4 Å². The Morgan fingerprint density at radius 2 is 0.923 bits per heavy atom. The second kappa shape index (κ2) is 22.9. The summed E-state index contributed by atoms with van der Waals surface area (Å²) < 4.78 is -0.554. The highest BCUT2D eigenvalue weighted by Gasteiger charge is 2.50. The number of carboxylic acid groups (broad SMARTS) is 3. The zero-order valence-corrected chi connectivity index (χ0v) is 25.5. The summed E-state index contributed by atoms with van der Waals surface area (Å²) in [5.41, 5.74) is 0. The molecule has 2 N–H and O–H groups in total.